The van der Waals surface area contributed by atoms with E-state index in [1.807, 2.05) is 30.0 Å². The van der Waals surface area contributed by atoms with E-state index in [1.165, 1.54) is 5.56 Å². The van der Waals surface area contributed by atoms with Crippen molar-refractivity contribution in [1.29, 1.82) is 0 Å². The third kappa shape index (κ3) is 4.48. The summed E-state index contributed by atoms with van der Waals surface area (Å²) in [6.07, 6.45) is 3.71. The zero-order chi connectivity index (χ0) is 18.7. The second-order valence-electron chi connectivity index (χ2n) is 7.40. The van der Waals surface area contributed by atoms with Crippen LogP contribution >= 0.6 is 11.6 Å². The Kier molecular flexibility index (Phi) is 5.73. The highest BCUT2D eigenvalue weighted by Gasteiger charge is 2.44. The van der Waals surface area contributed by atoms with E-state index in [-0.39, 0.29) is 30.1 Å². The average molecular weight is 380 g/mol. The zero-order valence-electron chi connectivity index (χ0n) is 15.0. The number of hydrogen-bond acceptors (Lipinski definition) is 3. The maximum atomic E-state index is 12.2. The van der Waals surface area contributed by atoms with E-state index < -0.39 is 5.97 Å². The molecule has 3 rings (SSSR count). The summed E-state index contributed by atoms with van der Waals surface area (Å²) in [7, 11) is 0. The molecule has 2 saturated carbocycles. The zero-order valence-corrected chi connectivity index (χ0v) is 15.8. The normalized spacial score (nSPS) is 23.2. The van der Waals surface area contributed by atoms with Gasteiger partial charge in [0.05, 0.1) is 6.54 Å². The van der Waals surface area contributed by atoms with E-state index in [0.29, 0.717) is 13.1 Å². The molecule has 2 amide bonds. The van der Waals surface area contributed by atoms with Gasteiger partial charge in [-0.2, -0.15) is 0 Å². The summed E-state index contributed by atoms with van der Waals surface area (Å²) in [5.74, 6) is -0.809. The molecule has 26 heavy (non-hydrogen) atoms. The van der Waals surface area contributed by atoms with Crippen LogP contribution in [0.25, 0.3) is 0 Å². The highest BCUT2D eigenvalue weighted by atomic mass is 35.5. The van der Waals surface area contributed by atoms with Gasteiger partial charge in [0, 0.05) is 29.1 Å². The Bertz CT molecular complexity index is 672. The molecular weight excluding hydrogens is 354 g/mol. The van der Waals surface area contributed by atoms with Crippen LogP contribution in [0.3, 0.4) is 0 Å². The van der Waals surface area contributed by atoms with Crippen molar-refractivity contribution in [3.8, 4) is 0 Å². The Morgan fingerprint density at radius 2 is 2.08 bits per heavy atom. The van der Waals surface area contributed by atoms with Gasteiger partial charge in [0.15, 0.2) is 0 Å². The molecule has 0 aromatic heterocycles. The molecule has 7 heteroatoms. The lowest BCUT2D eigenvalue weighted by atomic mass is 9.85. The van der Waals surface area contributed by atoms with Gasteiger partial charge in [-0.1, -0.05) is 30.7 Å². The standard InChI is InChI=1S/C19H26ClN3O3/c1-2-23(11-17(24)25)16-9-15(10-16)22-18(26)21-12-19(6-7-19)13-4-3-5-14(20)8-13/h3-5,8,15-16H,2,6-7,9-12H2,1H3,(H,24,25)(H2,21,22,26). The number of aliphatic carboxylic acids is 1. The van der Waals surface area contributed by atoms with Crippen molar-refractivity contribution in [2.45, 2.75) is 50.1 Å². The van der Waals surface area contributed by atoms with E-state index in [0.717, 1.165) is 30.7 Å². The Labute approximate surface area is 158 Å². The van der Waals surface area contributed by atoms with E-state index in [1.54, 1.807) is 0 Å². The fourth-order valence-corrected chi connectivity index (χ4v) is 3.89. The summed E-state index contributed by atoms with van der Waals surface area (Å²) in [6.45, 7) is 3.33. The molecule has 2 fully saturated rings. The summed E-state index contributed by atoms with van der Waals surface area (Å²) in [6, 6.07) is 8.06. The fraction of sp³-hybridized carbons (Fsp3) is 0.579. The molecule has 0 bridgehead atoms. The van der Waals surface area contributed by atoms with Gasteiger partial charge in [0.1, 0.15) is 0 Å². The predicted molar refractivity (Wildman–Crippen MR) is 101 cm³/mol. The van der Waals surface area contributed by atoms with Crippen molar-refractivity contribution < 1.29 is 14.7 Å². The first-order valence-corrected chi connectivity index (χ1v) is 9.56. The van der Waals surface area contributed by atoms with Gasteiger partial charge in [-0.25, -0.2) is 4.79 Å². The number of amides is 2. The number of nitrogens with one attached hydrogen (secondary N) is 2. The topological polar surface area (TPSA) is 81.7 Å². The summed E-state index contributed by atoms with van der Waals surface area (Å²) < 4.78 is 0. The first-order chi connectivity index (χ1) is 12.4. The molecule has 6 nitrogen and oxygen atoms in total. The quantitative estimate of drug-likeness (QED) is 0.648. The van der Waals surface area contributed by atoms with Gasteiger partial charge in [0.25, 0.3) is 0 Å². The van der Waals surface area contributed by atoms with Gasteiger partial charge in [-0.05, 0) is 49.9 Å². The number of benzene rings is 1. The van der Waals surface area contributed by atoms with Crippen molar-refractivity contribution in [3.63, 3.8) is 0 Å². The maximum Gasteiger partial charge on any atom is 0.317 e. The Hall–Kier alpha value is -1.79. The van der Waals surface area contributed by atoms with Crippen molar-refractivity contribution in [3.05, 3.63) is 34.9 Å². The molecule has 0 radical (unpaired) electrons. The third-order valence-corrected chi connectivity index (χ3v) is 5.82. The van der Waals surface area contributed by atoms with Crippen LogP contribution in [0.15, 0.2) is 24.3 Å². The minimum Gasteiger partial charge on any atom is -0.480 e. The van der Waals surface area contributed by atoms with Gasteiger partial charge in [-0.3, -0.25) is 9.69 Å². The van der Waals surface area contributed by atoms with E-state index in [2.05, 4.69) is 16.7 Å². The number of rotatable bonds is 8. The van der Waals surface area contributed by atoms with E-state index in [4.69, 9.17) is 16.7 Å². The number of hydrogen-bond donors (Lipinski definition) is 3. The van der Waals surface area contributed by atoms with E-state index in [9.17, 15) is 9.59 Å². The first-order valence-electron chi connectivity index (χ1n) is 9.18. The molecule has 0 spiro atoms. The molecule has 0 saturated heterocycles. The summed E-state index contributed by atoms with van der Waals surface area (Å²) >= 11 is 6.08. The Balaban J connectivity index is 1.41. The number of carbonyl (C=O) groups excluding carboxylic acids is 1. The number of urea groups is 1. The number of carboxylic acids is 1. The van der Waals surface area contributed by atoms with Gasteiger partial charge < -0.3 is 15.7 Å². The number of carboxylic acid groups (broad SMARTS) is 1. The molecule has 1 aromatic rings. The third-order valence-electron chi connectivity index (χ3n) is 5.59. The Morgan fingerprint density at radius 1 is 1.35 bits per heavy atom. The van der Waals surface area contributed by atoms with Crippen LogP contribution in [0.5, 0.6) is 0 Å². The molecular formula is C19H26ClN3O3. The van der Waals surface area contributed by atoms with Gasteiger partial charge >= 0.3 is 12.0 Å². The monoisotopic (exact) mass is 379 g/mol. The minimum absolute atomic E-state index is 0.0187. The second-order valence-corrected chi connectivity index (χ2v) is 7.83. The van der Waals surface area contributed by atoms with Crippen LogP contribution in [0.4, 0.5) is 4.79 Å². The lowest BCUT2D eigenvalue weighted by molar-refractivity contribution is -0.139. The highest BCUT2D eigenvalue weighted by molar-refractivity contribution is 6.30. The largest absolute Gasteiger partial charge is 0.480 e. The number of likely N-dealkylation sites (N-methyl/N-ethyl adjacent to an activating group) is 1. The highest BCUT2D eigenvalue weighted by Crippen LogP contribution is 2.48. The smallest absolute Gasteiger partial charge is 0.317 e. The molecule has 1 aromatic carbocycles. The fourth-order valence-electron chi connectivity index (χ4n) is 3.70. The number of halogens is 1. The summed E-state index contributed by atoms with van der Waals surface area (Å²) in [5, 5.41) is 15.6. The van der Waals surface area contributed by atoms with Crippen LogP contribution in [0.1, 0.15) is 38.2 Å². The van der Waals surface area contributed by atoms with Crippen molar-refractivity contribution in [2.75, 3.05) is 19.6 Å². The number of carbonyl (C=O) groups is 2. The van der Waals surface area contributed by atoms with E-state index >= 15 is 0 Å². The summed E-state index contributed by atoms with van der Waals surface area (Å²) in [4.78, 5) is 25.0. The van der Waals surface area contributed by atoms with Crippen LogP contribution in [-0.4, -0.2) is 53.7 Å². The van der Waals surface area contributed by atoms with Crippen molar-refractivity contribution >= 4 is 23.6 Å². The van der Waals surface area contributed by atoms with Crippen molar-refractivity contribution in [2.24, 2.45) is 0 Å². The van der Waals surface area contributed by atoms with Crippen molar-refractivity contribution in [1.82, 2.24) is 15.5 Å². The second kappa shape index (κ2) is 7.84. The molecule has 142 valence electrons. The van der Waals surface area contributed by atoms with Crippen LogP contribution in [0, 0.1) is 0 Å². The molecule has 2 aliphatic rings. The lowest BCUT2D eigenvalue weighted by Crippen LogP contribution is -2.56. The van der Waals surface area contributed by atoms with Crippen LogP contribution < -0.4 is 10.6 Å². The molecule has 0 aliphatic heterocycles. The minimum atomic E-state index is -0.809. The summed E-state index contributed by atoms with van der Waals surface area (Å²) in [5.41, 5.74) is 1.20. The molecule has 0 heterocycles. The van der Waals surface area contributed by atoms with Crippen LogP contribution in [-0.2, 0) is 10.2 Å². The predicted octanol–water partition coefficient (Wildman–Crippen LogP) is 2.61. The van der Waals surface area contributed by atoms with Gasteiger partial charge in [0.2, 0.25) is 0 Å². The maximum absolute atomic E-state index is 12.2. The van der Waals surface area contributed by atoms with Crippen LogP contribution in [0.2, 0.25) is 5.02 Å². The molecule has 0 atom stereocenters. The SMILES string of the molecule is CCN(CC(=O)O)C1CC(NC(=O)NCC2(c3cccc(Cl)c3)CC2)C1. The Morgan fingerprint density at radius 3 is 2.65 bits per heavy atom. The lowest BCUT2D eigenvalue weighted by Gasteiger charge is -2.42. The number of nitrogens with zero attached hydrogens (tertiary/aromatic N) is 1. The van der Waals surface area contributed by atoms with Gasteiger partial charge in [-0.15, -0.1) is 0 Å². The average Bonchev–Trinajstić information content (AvgIpc) is 3.35. The molecule has 0 unspecified atom stereocenters. The first kappa shape index (κ1) is 19.0. The molecule has 2 aliphatic carbocycles. The molecule has 3 N–H and O–H groups in total.